The van der Waals surface area contributed by atoms with Gasteiger partial charge in [-0.2, -0.15) is 0 Å². The predicted octanol–water partition coefficient (Wildman–Crippen LogP) is 4.69. The number of rotatable bonds is 12. The summed E-state index contributed by atoms with van der Waals surface area (Å²) in [6, 6.07) is 4.57. The highest BCUT2D eigenvalue weighted by Crippen LogP contribution is 2.69. The molecule has 7 atom stereocenters. The Morgan fingerprint density at radius 1 is 1.25 bits per heavy atom. The number of nitrogens with zero attached hydrogens (tertiary/aromatic N) is 2. The first-order valence-electron chi connectivity index (χ1n) is 14.4. The van der Waals surface area contributed by atoms with Gasteiger partial charge < -0.3 is 19.6 Å². The molecule has 2 bridgehead atoms. The summed E-state index contributed by atoms with van der Waals surface area (Å²) in [5.41, 5.74) is 2.73. The van der Waals surface area contributed by atoms with Crippen LogP contribution in [0.3, 0.4) is 0 Å². The van der Waals surface area contributed by atoms with Crippen LogP contribution >= 0.6 is 11.8 Å². The Bertz CT molecular complexity index is 1150. The molecule has 2 amide bonds. The van der Waals surface area contributed by atoms with Crippen LogP contribution in [0.4, 0.5) is 5.69 Å². The van der Waals surface area contributed by atoms with Gasteiger partial charge in [-0.15, -0.1) is 24.9 Å². The van der Waals surface area contributed by atoms with E-state index in [2.05, 4.69) is 20.1 Å². The molecule has 1 N–H and O–H groups in total. The third kappa shape index (κ3) is 4.91. The third-order valence-corrected chi connectivity index (χ3v) is 11.0. The molecule has 3 heterocycles. The van der Waals surface area contributed by atoms with Gasteiger partial charge in [0, 0.05) is 17.5 Å². The van der Waals surface area contributed by atoms with Crippen LogP contribution in [0.1, 0.15) is 51.2 Å². The summed E-state index contributed by atoms with van der Waals surface area (Å²) in [6.07, 6.45) is 5.23. The van der Waals surface area contributed by atoms with E-state index in [1.165, 1.54) is 0 Å². The lowest BCUT2D eigenvalue weighted by Gasteiger charge is -2.42. The third-order valence-electron chi connectivity index (χ3n) is 8.89. The number of hydrogen-bond acceptors (Lipinski definition) is 6. The fourth-order valence-electron chi connectivity index (χ4n) is 7.36. The minimum atomic E-state index is -0.823. The average Bonchev–Trinajstić information content (AvgIpc) is 3.50. The number of aliphatic hydroxyl groups is 1. The van der Waals surface area contributed by atoms with Gasteiger partial charge in [-0.25, -0.2) is 0 Å². The Morgan fingerprint density at radius 3 is 2.50 bits per heavy atom. The first-order chi connectivity index (χ1) is 19.0. The number of para-hydroxylation sites is 1. The van der Waals surface area contributed by atoms with E-state index in [4.69, 9.17) is 4.74 Å². The molecule has 1 aromatic rings. The van der Waals surface area contributed by atoms with Crippen molar-refractivity contribution in [1.29, 1.82) is 0 Å². The van der Waals surface area contributed by atoms with Crippen LogP contribution in [0.25, 0.3) is 0 Å². The summed E-state index contributed by atoms with van der Waals surface area (Å²) >= 11 is 1.62. The topological polar surface area (TPSA) is 87.2 Å². The largest absolute Gasteiger partial charge is 0.465 e. The Kier molecular flexibility index (Phi) is 9.20. The van der Waals surface area contributed by atoms with Gasteiger partial charge in [0.2, 0.25) is 5.91 Å². The summed E-state index contributed by atoms with van der Waals surface area (Å²) in [6.45, 7) is 18.0. The molecule has 1 aromatic carbocycles. The van der Waals surface area contributed by atoms with Gasteiger partial charge in [0.05, 0.1) is 35.8 Å². The maximum atomic E-state index is 14.9. The Labute approximate surface area is 243 Å². The molecule has 0 radical (unpaired) electrons. The van der Waals surface area contributed by atoms with Crippen LogP contribution in [0.15, 0.2) is 43.5 Å². The van der Waals surface area contributed by atoms with Gasteiger partial charge >= 0.3 is 5.97 Å². The lowest BCUT2D eigenvalue weighted by atomic mass is 9.66. The Morgan fingerprint density at radius 2 is 1.93 bits per heavy atom. The van der Waals surface area contributed by atoms with Crippen molar-refractivity contribution in [2.75, 3.05) is 24.7 Å². The summed E-state index contributed by atoms with van der Waals surface area (Å²) in [4.78, 5) is 46.3. The highest BCUT2D eigenvalue weighted by atomic mass is 32.2. The normalized spacial score (nSPS) is 29.4. The SMILES string of the molecule is C=CCCOC(=O)[C@@H]1[C@@H]2CC(C)C3(S2)C(C(=O)N(CC=C)c2c(C)cccc2C)N([C@@H](CO)CC(C)C)C(=O)[C@H]13. The molecular formula is C32H44N2O5S. The van der Waals surface area contributed by atoms with E-state index in [1.54, 1.807) is 33.7 Å². The van der Waals surface area contributed by atoms with E-state index in [-0.39, 0.29) is 54.6 Å². The number of carbonyl (C=O) groups excluding carboxylic acids is 3. The van der Waals surface area contributed by atoms with Crippen LogP contribution in [-0.2, 0) is 19.1 Å². The minimum Gasteiger partial charge on any atom is -0.465 e. The molecule has 0 saturated carbocycles. The van der Waals surface area contributed by atoms with Crippen LogP contribution in [-0.4, -0.2) is 69.6 Å². The second kappa shape index (κ2) is 12.1. The minimum absolute atomic E-state index is 0.0227. The highest BCUT2D eigenvalue weighted by Gasteiger charge is 2.77. The van der Waals surface area contributed by atoms with Crippen molar-refractivity contribution in [3.63, 3.8) is 0 Å². The second-order valence-electron chi connectivity index (χ2n) is 12.0. The number of likely N-dealkylation sites (tertiary alicyclic amines) is 1. The molecule has 1 spiro atoms. The molecule has 3 aliphatic rings. The first-order valence-corrected chi connectivity index (χ1v) is 15.3. The zero-order valence-corrected chi connectivity index (χ0v) is 25.3. The predicted molar refractivity (Wildman–Crippen MR) is 160 cm³/mol. The number of anilines is 1. The zero-order valence-electron chi connectivity index (χ0n) is 24.5. The van der Waals surface area contributed by atoms with Crippen molar-refractivity contribution in [3.8, 4) is 0 Å². The second-order valence-corrected chi connectivity index (χ2v) is 13.5. The van der Waals surface area contributed by atoms with Crippen molar-refractivity contribution in [3.05, 3.63) is 54.6 Å². The Hall–Kier alpha value is -2.58. The van der Waals surface area contributed by atoms with Gasteiger partial charge in [-0.05, 0) is 56.1 Å². The number of esters is 1. The molecule has 3 unspecified atom stereocenters. The van der Waals surface area contributed by atoms with Crippen LogP contribution in [0, 0.1) is 37.5 Å². The Balaban J connectivity index is 1.86. The summed E-state index contributed by atoms with van der Waals surface area (Å²) in [7, 11) is 0. The number of aliphatic hydroxyl groups excluding tert-OH is 1. The summed E-state index contributed by atoms with van der Waals surface area (Å²) < 4.78 is 4.83. The number of hydrogen-bond donors (Lipinski definition) is 1. The highest BCUT2D eigenvalue weighted by molar-refractivity contribution is 8.02. The number of thioether (sulfide) groups is 1. The van der Waals surface area contributed by atoms with Crippen LogP contribution in [0.5, 0.6) is 0 Å². The molecule has 0 aromatic heterocycles. The molecule has 8 heteroatoms. The van der Waals surface area contributed by atoms with Crippen LogP contribution < -0.4 is 4.90 Å². The van der Waals surface area contributed by atoms with E-state index in [0.29, 0.717) is 12.8 Å². The maximum absolute atomic E-state index is 14.9. The number of benzene rings is 1. The van der Waals surface area contributed by atoms with Gasteiger partial charge in [-0.1, -0.05) is 51.1 Å². The molecule has 0 aliphatic carbocycles. The standard InChI is InChI=1S/C32H44N2O5S/c1-8-10-15-39-31(38)25-24-17-22(7)32(40-24)26(25)29(36)34(23(18-35)16-19(3)4)28(32)30(37)33(14-9-2)27-20(5)12-11-13-21(27)6/h8-9,11-13,19,22-26,28,35H,1-2,10,14-18H2,3-7H3/t22?,23-,24+,25-,26+,28?,32?/m1/s1. The van der Waals surface area contributed by atoms with Crippen molar-refractivity contribution in [1.82, 2.24) is 4.90 Å². The van der Waals surface area contributed by atoms with Gasteiger partial charge in [-0.3, -0.25) is 14.4 Å². The number of ether oxygens (including phenoxy) is 1. The molecule has 3 saturated heterocycles. The van der Waals surface area contributed by atoms with Crippen molar-refractivity contribution in [2.24, 2.45) is 23.7 Å². The van der Waals surface area contributed by atoms with Crippen molar-refractivity contribution >= 4 is 35.2 Å². The molecule has 40 heavy (non-hydrogen) atoms. The van der Waals surface area contributed by atoms with E-state index in [1.807, 2.05) is 45.9 Å². The van der Waals surface area contributed by atoms with Gasteiger partial charge in [0.15, 0.2) is 0 Å². The number of carbonyl (C=O) groups is 3. The molecule has 4 rings (SSSR count). The lowest BCUT2D eigenvalue weighted by Crippen LogP contribution is -2.59. The smallest absolute Gasteiger partial charge is 0.310 e. The summed E-state index contributed by atoms with van der Waals surface area (Å²) in [5, 5.41) is 10.5. The molecule has 218 valence electrons. The number of amides is 2. The monoisotopic (exact) mass is 568 g/mol. The van der Waals surface area contributed by atoms with E-state index < -0.39 is 28.7 Å². The molecule has 7 nitrogen and oxygen atoms in total. The van der Waals surface area contributed by atoms with Crippen molar-refractivity contribution in [2.45, 2.75) is 76.0 Å². The van der Waals surface area contributed by atoms with E-state index in [0.717, 1.165) is 23.2 Å². The fourth-order valence-corrected chi connectivity index (χ4v) is 9.75. The van der Waals surface area contributed by atoms with Gasteiger partial charge in [0.25, 0.3) is 5.91 Å². The zero-order chi connectivity index (χ0) is 29.4. The fraction of sp³-hybridized carbons (Fsp3) is 0.594. The number of fused-ring (bicyclic) bond motifs is 1. The first kappa shape index (κ1) is 30.4. The van der Waals surface area contributed by atoms with Gasteiger partial charge in [0.1, 0.15) is 6.04 Å². The van der Waals surface area contributed by atoms with Crippen molar-refractivity contribution < 1.29 is 24.2 Å². The lowest BCUT2D eigenvalue weighted by molar-refractivity contribution is -0.155. The average molecular weight is 569 g/mol. The summed E-state index contributed by atoms with van der Waals surface area (Å²) in [5.74, 6) is -1.85. The molecular weight excluding hydrogens is 524 g/mol. The maximum Gasteiger partial charge on any atom is 0.310 e. The van der Waals surface area contributed by atoms with Crippen LogP contribution in [0.2, 0.25) is 0 Å². The molecule has 3 aliphatic heterocycles. The number of aryl methyl sites for hydroxylation is 2. The molecule has 3 fully saturated rings. The quantitative estimate of drug-likeness (QED) is 0.224. The van der Waals surface area contributed by atoms with E-state index >= 15 is 0 Å². The van der Waals surface area contributed by atoms with E-state index in [9.17, 15) is 19.5 Å².